The minimum atomic E-state index is -0.476. The second-order valence-electron chi connectivity index (χ2n) is 4.51. The standard InChI is InChI=1S/C15H13Br2F2N/c1-8-5-9(16)3-4-10(8)15(20-2)11-6-14(19)12(17)7-13(11)18/h3-7,15,20H,1-2H3. The van der Waals surface area contributed by atoms with Gasteiger partial charge in [0.25, 0.3) is 0 Å². The van der Waals surface area contributed by atoms with E-state index in [2.05, 4.69) is 37.2 Å². The smallest absolute Gasteiger partial charge is 0.137 e. The van der Waals surface area contributed by atoms with E-state index in [0.29, 0.717) is 5.56 Å². The summed E-state index contributed by atoms with van der Waals surface area (Å²) < 4.78 is 28.9. The van der Waals surface area contributed by atoms with E-state index in [1.54, 1.807) is 7.05 Å². The maximum Gasteiger partial charge on any atom is 0.137 e. The molecule has 2 rings (SSSR count). The zero-order valence-electron chi connectivity index (χ0n) is 11.0. The Morgan fingerprint density at radius 1 is 1.00 bits per heavy atom. The SMILES string of the molecule is CNC(c1ccc(Br)cc1C)c1cc(F)c(Br)cc1F. The normalized spacial score (nSPS) is 12.5. The van der Waals surface area contributed by atoms with Crippen molar-refractivity contribution >= 4 is 31.9 Å². The first kappa shape index (κ1) is 15.6. The van der Waals surface area contributed by atoms with Crippen LogP contribution in [-0.2, 0) is 0 Å². The van der Waals surface area contributed by atoms with Crippen LogP contribution in [0, 0.1) is 18.6 Å². The zero-order valence-corrected chi connectivity index (χ0v) is 14.1. The summed E-state index contributed by atoms with van der Waals surface area (Å²) in [6.45, 7) is 1.94. The minimum absolute atomic E-state index is 0.126. The van der Waals surface area contributed by atoms with E-state index in [1.807, 2.05) is 25.1 Å². The van der Waals surface area contributed by atoms with Gasteiger partial charge in [-0.05, 0) is 65.3 Å². The van der Waals surface area contributed by atoms with Crippen molar-refractivity contribution in [3.63, 3.8) is 0 Å². The van der Waals surface area contributed by atoms with Gasteiger partial charge in [0.15, 0.2) is 0 Å². The van der Waals surface area contributed by atoms with Gasteiger partial charge in [-0.2, -0.15) is 0 Å². The van der Waals surface area contributed by atoms with Gasteiger partial charge in [-0.1, -0.05) is 22.0 Å². The van der Waals surface area contributed by atoms with Crippen LogP contribution in [0.3, 0.4) is 0 Å². The van der Waals surface area contributed by atoms with Gasteiger partial charge in [0.05, 0.1) is 10.5 Å². The monoisotopic (exact) mass is 403 g/mol. The van der Waals surface area contributed by atoms with Gasteiger partial charge < -0.3 is 5.32 Å². The molecule has 2 aromatic rings. The Hall–Kier alpha value is -0.780. The molecule has 0 fully saturated rings. The summed E-state index contributed by atoms with van der Waals surface area (Å²) >= 11 is 6.39. The lowest BCUT2D eigenvalue weighted by atomic mass is 9.94. The van der Waals surface area contributed by atoms with Crippen LogP contribution >= 0.6 is 31.9 Å². The van der Waals surface area contributed by atoms with Crippen molar-refractivity contribution in [2.75, 3.05) is 7.05 Å². The number of hydrogen-bond donors (Lipinski definition) is 1. The maximum absolute atomic E-state index is 14.1. The molecule has 0 heterocycles. The second-order valence-corrected chi connectivity index (χ2v) is 6.28. The number of aryl methyl sites for hydroxylation is 1. The van der Waals surface area contributed by atoms with Gasteiger partial charge in [0.2, 0.25) is 0 Å². The van der Waals surface area contributed by atoms with E-state index >= 15 is 0 Å². The quantitative estimate of drug-likeness (QED) is 0.701. The topological polar surface area (TPSA) is 12.0 Å². The molecule has 0 radical (unpaired) electrons. The van der Waals surface area contributed by atoms with Crippen molar-refractivity contribution in [3.8, 4) is 0 Å². The molecule has 0 amide bonds. The molecular weight excluding hydrogens is 392 g/mol. The average Bonchev–Trinajstić information content (AvgIpc) is 2.38. The number of hydrogen-bond acceptors (Lipinski definition) is 1. The molecule has 20 heavy (non-hydrogen) atoms. The summed E-state index contributed by atoms with van der Waals surface area (Å²) in [5.41, 5.74) is 2.20. The van der Waals surface area contributed by atoms with Crippen LogP contribution in [0.5, 0.6) is 0 Å². The highest BCUT2D eigenvalue weighted by Crippen LogP contribution is 2.30. The van der Waals surface area contributed by atoms with Crippen LogP contribution in [-0.4, -0.2) is 7.05 Å². The predicted molar refractivity (Wildman–Crippen MR) is 83.8 cm³/mol. The fourth-order valence-electron chi connectivity index (χ4n) is 2.20. The molecule has 0 bridgehead atoms. The molecule has 0 saturated heterocycles. The lowest BCUT2D eigenvalue weighted by molar-refractivity contribution is 0.554. The molecule has 0 aliphatic carbocycles. The van der Waals surface area contributed by atoms with Crippen molar-refractivity contribution < 1.29 is 8.78 Å². The highest BCUT2D eigenvalue weighted by atomic mass is 79.9. The number of benzene rings is 2. The molecule has 5 heteroatoms. The van der Waals surface area contributed by atoms with Crippen molar-refractivity contribution in [1.29, 1.82) is 0 Å². The molecule has 106 valence electrons. The van der Waals surface area contributed by atoms with Crippen LogP contribution in [0.15, 0.2) is 39.3 Å². The van der Waals surface area contributed by atoms with Crippen molar-refractivity contribution in [2.24, 2.45) is 0 Å². The largest absolute Gasteiger partial charge is 0.309 e. The molecule has 1 unspecified atom stereocenters. The Labute approximate surface area is 133 Å². The van der Waals surface area contributed by atoms with E-state index < -0.39 is 17.7 Å². The molecule has 1 nitrogen and oxygen atoms in total. The summed E-state index contributed by atoms with van der Waals surface area (Å²) in [7, 11) is 1.73. The van der Waals surface area contributed by atoms with Crippen LogP contribution in [0.1, 0.15) is 22.7 Å². The molecular formula is C15H13Br2F2N. The third-order valence-corrected chi connectivity index (χ3v) is 4.28. The average molecular weight is 405 g/mol. The lowest BCUT2D eigenvalue weighted by Crippen LogP contribution is -2.20. The Morgan fingerprint density at radius 3 is 2.30 bits per heavy atom. The Balaban J connectivity index is 2.55. The van der Waals surface area contributed by atoms with E-state index in [-0.39, 0.29) is 4.47 Å². The molecule has 0 aromatic heterocycles. The lowest BCUT2D eigenvalue weighted by Gasteiger charge is -2.20. The van der Waals surface area contributed by atoms with Gasteiger partial charge >= 0.3 is 0 Å². The van der Waals surface area contributed by atoms with Crippen molar-refractivity contribution in [2.45, 2.75) is 13.0 Å². The molecule has 0 spiro atoms. The molecule has 0 aliphatic rings. The molecule has 0 aliphatic heterocycles. The van der Waals surface area contributed by atoms with Gasteiger partial charge in [-0.25, -0.2) is 8.78 Å². The van der Waals surface area contributed by atoms with E-state index in [0.717, 1.165) is 21.7 Å². The second kappa shape index (κ2) is 6.33. The van der Waals surface area contributed by atoms with Crippen LogP contribution < -0.4 is 5.32 Å². The van der Waals surface area contributed by atoms with Gasteiger partial charge in [0.1, 0.15) is 11.6 Å². The number of rotatable bonds is 3. The fourth-order valence-corrected chi connectivity index (χ4v) is 2.99. The molecule has 0 saturated carbocycles. The van der Waals surface area contributed by atoms with E-state index in [1.165, 1.54) is 6.07 Å². The van der Waals surface area contributed by atoms with E-state index in [4.69, 9.17) is 0 Å². The first-order valence-corrected chi connectivity index (χ1v) is 7.60. The summed E-state index contributed by atoms with van der Waals surface area (Å²) in [6, 6.07) is 7.73. The Bertz CT molecular complexity index is 644. The third kappa shape index (κ3) is 3.10. The van der Waals surface area contributed by atoms with E-state index in [9.17, 15) is 8.78 Å². The first-order chi connectivity index (χ1) is 9.43. The Kier molecular flexibility index (Phi) is 4.94. The fraction of sp³-hybridized carbons (Fsp3) is 0.200. The molecule has 1 atom stereocenters. The highest BCUT2D eigenvalue weighted by molar-refractivity contribution is 9.10. The summed E-state index contributed by atoms with van der Waals surface area (Å²) in [6.07, 6.45) is 0. The molecule has 1 N–H and O–H groups in total. The third-order valence-electron chi connectivity index (χ3n) is 3.18. The highest BCUT2D eigenvalue weighted by Gasteiger charge is 2.20. The summed E-state index contributed by atoms with van der Waals surface area (Å²) in [5.74, 6) is -0.920. The zero-order chi connectivity index (χ0) is 14.9. The first-order valence-electron chi connectivity index (χ1n) is 6.01. The summed E-state index contributed by atoms with van der Waals surface area (Å²) in [4.78, 5) is 0. The minimum Gasteiger partial charge on any atom is -0.309 e. The number of nitrogens with one attached hydrogen (secondary N) is 1. The van der Waals surface area contributed by atoms with Crippen LogP contribution in [0.2, 0.25) is 0 Å². The van der Waals surface area contributed by atoms with Gasteiger partial charge in [-0.3, -0.25) is 0 Å². The van der Waals surface area contributed by atoms with Crippen molar-refractivity contribution in [3.05, 3.63) is 67.6 Å². The van der Waals surface area contributed by atoms with Crippen LogP contribution in [0.4, 0.5) is 8.78 Å². The van der Waals surface area contributed by atoms with Crippen LogP contribution in [0.25, 0.3) is 0 Å². The molecule has 2 aromatic carbocycles. The van der Waals surface area contributed by atoms with Gasteiger partial charge in [-0.15, -0.1) is 0 Å². The van der Waals surface area contributed by atoms with Crippen molar-refractivity contribution in [1.82, 2.24) is 5.32 Å². The summed E-state index contributed by atoms with van der Waals surface area (Å²) in [5, 5.41) is 3.05. The number of halogens is 4. The Morgan fingerprint density at radius 2 is 1.70 bits per heavy atom. The maximum atomic E-state index is 14.1. The predicted octanol–water partition coefficient (Wildman–Crippen LogP) is 5.11. The van der Waals surface area contributed by atoms with Gasteiger partial charge in [0, 0.05) is 10.0 Å².